The molecule has 0 bridgehead atoms. The normalized spacial score (nSPS) is 37.0. The molecule has 0 spiro atoms. The second-order valence-electron chi connectivity index (χ2n) is 7.20. The van der Waals surface area contributed by atoms with Gasteiger partial charge in [0.25, 0.3) is 0 Å². The molecule has 7 nitrogen and oxygen atoms in total. The highest BCUT2D eigenvalue weighted by atomic mass is 16.7. The van der Waals surface area contributed by atoms with Gasteiger partial charge in [-0.2, -0.15) is 0 Å². The molecule has 0 aromatic rings. The number of hydrogen-bond acceptors (Lipinski definition) is 7. The van der Waals surface area contributed by atoms with Crippen LogP contribution in [-0.4, -0.2) is 64.2 Å². The molecule has 0 aromatic heterocycles. The fourth-order valence-corrected chi connectivity index (χ4v) is 3.88. The Hall–Kier alpha value is -2.42. The summed E-state index contributed by atoms with van der Waals surface area (Å²) in [5, 5.41) is 30.8. The standard InChI is InChI=1S/C22H24O7/c1-3-5-14(18-16(24)7-9-21(18,26)12-23)11-28-20-15(6-4-2)19-17(25)8-10-22(19,27)13-29-20/h3-10,19-20,23,26-27H,2,11-13H2,1H3. The van der Waals surface area contributed by atoms with Crippen LogP contribution in [0.5, 0.6) is 0 Å². The molecule has 3 rings (SSSR count). The molecule has 2 aliphatic carbocycles. The highest BCUT2D eigenvalue weighted by molar-refractivity contribution is 6.10. The monoisotopic (exact) mass is 400 g/mol. The maximum Gasteiger partial charge on any atom is 0.185 e. The second kappa shape index (κ2) is 8.14. The summed E-state index contributed by atoms with van der Waals surface area (Å²) in [5.74, 6) is -1.51. The summed E-state index contributed by atoms with van der Waals surface area (Å²) in [6.45, 7) is 4.49. The minimum atomic E-state index is -1.78. The van der Waals surface area contributed by atoms with Crippen LogP contribution >= 0.6 is 0 Å². The molecule has 1 fully saturated rings. The number of rotatable bonds is 6. The zero-order valence-corrected chi connectivity index (χ0v) is 16.1. The van der Waals surface area contributed by atoms with Gasteiger partial charge in [0.2, 0.25) is 0 Å². The van der Waals surface area contributed by atoms with Gasteiger partial charge in [0, 0.05) is 5.57 Å². The Kier molecular flexibility index (Phi) is 5.97. The van der Waals surface area contributed by atoms with E-state index in [2.05, 4.69) is 6.58 Å². The summed E-state index contributed by atoms with van der Waals surface area (Å²) < 4.78 is 11.5. The van der Waals surface area contributed by atoms with E-state index in [1.165, 1.54) is 30.4 Å². The Labute approximate surface area is 168 Å². The minimum Gasteiger partial charge on any atom is -0.393 e. The highest BCUT2D eigenvalue weighted by Crippen LogP contribution is 2.40. The van der Waals surface area contributed by atoms with Gasteiger partial charge in [0.1, 0.15) is 11.2 Å². The maximum atomic E-state index is 12.3. The first-order valence-electron chi connectivity index (χ1n) is 9.24. The SMILES string of the molecule is C=CC=C1C(OCC(C=CC)=C2C(=O)C=CC2(O)CO)OCC2(O)C=CC(=O)C12. The number of carbonyl (C=O) groups is 2. The van der Waals surface area contributed by atoms with Crippen LogP contribution in [0, 0.1) is 5.92 Å². The van der Waals surface area contributed by atoms with Crippen molar-refractivity contribution in [3.05, 3.63) is 71.9 Å². The van der Waals surface area contributed by atoms with E-state index in [1.807, 2.05) is 0 Å². The number of fused-ring (bicyclic) bond motifs is 1. The quantitative estimate of drug-likeness (QED) is 0.562. The van der Waals surface area contributed by atoms with Gasteiger partial charge in [-0.1, -0.05) is 30.9 Å². The van der Waals surface area contributed by atoms with E-state index in [0.717, 1.165) is 0 Å². The molecule has 154 valence electrons. The smallest absolute Gasteiger partial charge is 0.185 e. The summed E-state index contributed by atoms with van der Waals surface area (Å²) in [6, 6.07) is 0. The predicted molar refractivity (Wildman–Crippen MR) is 105 cm³/mol. The fraction of sp³-hybridized carbons (Fsp3) is 0.364. The fourth-order valence-electron chi connectivity index (χ4n) is 3.88. The number of aliphatic hydroxyl groups excluding tert-OH is 1. The van der Waals surface area contributed by atoms with Crippen LogP contribution in [0.4, 0.5) is 0 Å². The minimum absolute atomic E-state index is 0.0262. The lowest BCUT2D eigenvalue weighted by atomic mass is 9.81. The molecule has 0 aromatic carbocycles. The second-order valence-corrected chi connectivity index (χ2v) is 7.20. The van der Waals surface area contributed by atoms with E-state index in [1.54, 1.807) is 25.2 Å². The Bertz CT molecular complexity index is 876. The maximum absolute atomic E-state index is 12.3. The van der Waals surface area contributed by atoms with Crippen LogP contribution in [0.3, 0.4) is 0 Å². The van der Waals surface area contributed by atoms with Crippen molar-refractivity contribution in [1.82, 2.24) is 0 Å². The van der Waals surface area contributed by atoms with Crippen LogP contribution in [0.15, 0.2) is 71.9 Å². The Morgan fingerprint density at radius 1 is 1.34 bits per heavy atom. The number of ketones is 2. The lowest BCUT2D eigenvalue weighted by Crippen LogP contribution is -2.50. The first-order valence-corrected chi connectivity index (χ1v) is 9.24. The number of allylic oxidation sites excluding steroid dienone is 5. The molecule has 0 amide bonds. The Morgan fingerprint density at radius 2 is 2.10 bits per heavy atom. The first kappa shape index (κ1) is 21.3. The van der Waals surface area contributed by atoms with Crippen molar-refractivity contribution in [2.45, 2.75) is 24.4 Å². The van der Waals surface area contributed by atoms with E-state index >= 15 is 0 Å². The van der Waals surface area contributed by atoms with Crippen molar-refractivity contribution in [2.75, 3.05) is 19.8 Å². The summed E-state index contributed by atoms with van der Waals surface area (Å²) in [7, 11) is 0. The molecular weight excluding hydrogens is 376 g/mol. The van der Waals surface area contributed by atoms with Gasteiger partial charge in [-0.25, -0.2) is 0 Å². The van der Waals surface area contributed by atoms with Gasteiger partial charge in [-0.15, -0.1) is 0 Å². The topological polar surface area (TPSA) is 113 Å². The summed E-state index contributed by atoms with van der Waals surface area (Å²) in [6.07, 6.45) is 10.6. The van der Waals surface area contributed by atoms with E-state index in [-0.39, 0.29) is 24.6 Å². The molecule has 1 heterocycles. The zero-order valence-electron chi connectivity index (χ0n) is 16.1. The number of ether oxygens (including phenoxy) is 2. The molecule has 1 saturated heterocycles. The van der Waals surface area contributed by atoms with Crippen molar-refractivity contribution >= 4 is 11.6 Å². The number of aliphatic hydroxyl groups is 3. The average molecular weight is 400 g/mol. The molecule has 0 saturated carbocycles. The number of carbonyl (C=O) groups excluding carboxylic acids is 2. The van der Waals surface area contributed by atoms with Gasteiger partial charge in [-0.3, -0.25) is 9.59 Å². The molecule has 0 radical (unpaired) electrons. The van der Waals surface area contributed by atoms with Crippen molar-refractivity contribution < 1.29 is 34.4 Å². The molecule has 4 atom stereocenters. The Morgan fingerprint density at radius 3 is 2.76 bits per heavy atom. The van der Waals surface area contributed by atoms with E-state index < -0.39 is 35.8 Å². The van der Waals surface area contributed by atoms with Crippen LogP contribution in [0.1, 0.15) is 6.92 Å². The lowest BCUT2D eigenvalue weighted by Gasteiger charge is -2.39. The lowest BCUT2D eigenvalue weighted by molar-refractivity contribution is -0.184. The Balaban J connectivity index is 1.88. The molecular formula is C22H24O7. The molecule has 1 aliphatic heterocycles. The van der Waals surface area contributed by atoms with Crippen LogP contribution < -0.4 is 0 Å². The van der Waals surface area contributed by atoms with E-state index in [4.69, 9.17) is 9.47 Å². The summed E-state index contributed by atoms with van der Waals surface area (Å²) in [4.78, 5) is 24.6. The van der Waals surface area contributed by atoms with Crippen molar-refractivity contribution in [3.8, 4) is 0 Å². The van der Waals surface area contributed by atoms with E-state index in [9.17, 15) is 24.9 Å². The van der Waals surface area contributed by atoms with Crippen LogP contribution in [-0.2, 0) is 19.1 Å². The first-order chi connectivity index (χ1) is 13.8. The van der Waals surface area contributed by atoms with Crippen molar-refractivity contribution in [2.24, 2.45) is 5.92 Å². The van der Waals surface area contributed by atoms with Gasteiger partial charge in [-0.05, 0) is 42.4 Å². The molecule has 29 heavy (non-hydrogen) atoms. The number of hydrogen-bond donors (Lipinski definition) is 3. The van der Waals surface area contributed by atoms with Crippen LogP contribution in [0.25, 0.3) is 0 Å². The van der Waals surface area contributed by atoms with Crippen molar-refractivity contribution in [3.63, 3.8) is 0 Å². The predicted octanol–water partition coefficient (Wildman–Crippen LogP) is 0.693. The highest BCUT2D eigenvalue weighted by Gasteiger charge is 2.51. The molecule has 4 unspecified atom stereocenters. The molecule has 3 N–H and O–H groups in total. The van der Waals surface area contributed by atoms with Crippen molar-refractivity contribution in [1.29, 1.82) is 0 Å². The van der Waals surface area contributed by atoms with Gasteiger partial charge >= 0.3 is 0 Å². The molecule has 7 heteroatoms. The third-order valence-corrected chi connectivity index (χ3v) is 5.21. The molecule has 3 aliphatic rings. The summed E-state index contributed by atoms with van der Waals surface area (Å²) in [5.41, 5.74) is -2.40. The van der Waals surface area contributed by atoms with Crippen LogP contribution in [0.2, 0.25) is 0 Å². The van der Waals surface area contributed by atoms with Gasteiger partial charge < -0.3 is 24.8 Å². The van der Waals surface area contributed by atoms with Gasteiger partial charge in [0.15, 0.2) is 17.9 Å². The largest absolute Gasteiger partial charge is 0.393 e. The van der Waals surface area contributed by atoms with E-state index in [0.29, 0.717) is 11.1 Å². The third-order valence-electron chi connectivity index (χ3n) is 5.21. The third kappa shape index (κ3) is 3.75. The summed E-state index contributed by atoms with van der Waals surface area (Å²) >= 11 is 0. The van der Waals surface area contributed by atoms with Gasteiger partial charge in [0.05, 0.1) is 25.7 Å². The average Bonchev–Trinajstić information content (AvgIpc) is 3.17. The zero-order chi connectivity index (χ0) is 21.2.